The van der Waals surface area contributed by atoms with E-state index in [9.17, 15) is 95.9 Å². The second-order valence-corrected chi connectivity index (χ2v) is 18.5. The van der Waals surface area contributed by atoms with Gasteiger partial charge in [0, 0.05) is 138 Å². The lowest BCUT2D eigenvalue weighted by Gasteiger charge is -1.89. The Hall–Kier alpha value is -11.1. The molecule has 0 aliphatic carbocycles. The van der Waals surface area contributed by atoms with Crippen LogP contribution in [-0.4, -0.2) is 317 Å². The topological polar surface area (TPSA) is 904 Å². The summed E-state index contributed by atoms with van der Waals surface area (Å²) in [6.45, 7) is 73.1. The van der Waals surface area contributed by atoms with Gasteiger partial charge in [0.25, 0.3) is 0 Å². The molecule has 816 valence electrons. The minimum absolute atomic E-state index is 0. The highest BCUT2D eigenvalue weighted by atomic mass is 16.6. The molecule has 52 nitrogen and oxygen atoms in total. The Morgan fingerprint density at radius 3 is 0.114 bits per heavy atom. The molecule has 0 fully saturated rings. The van der Waals surface area contributed by atoms with Crippen molar-refractivity contribution in [3.05, 3.63) is 0 Å². The van der Waals surface area contributed by atoms with Crippen molar-refractivity contribution >= 4 is 119 Å². The SMILES string of the molecule is CCOC(C)=O.CCOC(C)=O.CCOC(C)=O.CCOC(C)=O.CCOC(C)=O.CCOC(C)=O.CCOC(C)=O.CCOC(C)=O.CCOC(C)=O.CCOC(C)=O.CCOC(C)=O.CCOC(C)=O.CCOC(C)=O.CCOC(C)=O.CCOC(C)=O.CCOC(C)=O.CCOC(C)=O.CCOC(C)=O.CCOC(C)=O.CCOC(C)=O.O.O.O.O.O.O.O.O.O.O.O.O. The Bertz CT molecular complexity index is 1700. The molecule has 0 atom stereocenters. The molecule has 132 heavy (non-hydrogen) atoms. The highest BCUT2D eigenvalue weighted by Gasteiger charge is 1.91. The molecule has 24 N–H and O–H groups in total. The van der Waals surface area contributed by atoms with Crippen LogP contribution in [-0.2, 0) is 191 Å². The van der Waals surface area contributed by atoms with Crippen LogP contribution in [0, 0.1) is 0 Å². The van der Waals surface area contributed by atoms with E-state index in [1.165, 1.54) is 138 Å². The van der Waals surface area contributed by atoms with E-state index < -0.39 is 0 Å². The maximum atomic E-state index is 9.82. The number of hydrogen-bond acceptors (Lipinski definition) is 40. The van der Waals surface area contributed by atoms with Gasteiger partial charge >= 0.3 is 119 Å². The molecule has 0 saturated carbocycles. The van der Waals surface area contributed by atoms with Gasteiger partial charge in [-0.05, 0) is 138 Å². The maximum absolute atomic E-state index is 9.82. The van der Waals surface area contributed by atoms with Crippen molar-refractivity contribution in [2.24, 2.45) is 0 Å². The fourth-order valence-corrected chi connectivity index (χ4v) is 4.07. The summed E-state index contributed by atoms with van der Waals surface area (Å²) in [7, 11) is 0. The molecular weight excluding hydrogens is 1790 g/mol. The van der Waals surface area contributed by atoms with Gasteiger partial charge in [0.05, 0.1) is 132 Å². The van der Waals surface area contributed by atoms with Crippen LogP contribution < -0.4 is 0 Å². The van der Waals surface area contributed by atoms with Crippen LogP contribution in [0.2, 0.25) is 0 Å². The summed E-state index contributed by atoms with van der Waals surface area (Å²) in [6.07, 6.45) is 0. The first-order chi connectivity index (χ1) is 55.4. The highest BCUT2D eigenvalue weighted by Crippen LogP contribution is 1.80. The first-order valence-electron chi connectivity index (χ1n) is 38.1. The van der Waals surface area contributed by atoms with Crippen molar-refractivity contribution in [1.82, 2.24) is 0 Å². The smallest absolute Gasteiger partial charge is 0.302 e. The van der Waals surface area contributed by atoms with Crippen LogP contribution >= 0.6 is 0 Å². The van der Waals surface area contributed by atoms with Gasteiger partial charge in [-0.25, -0.2) is 0 Å². The third kappa shape index (κ3) is 691. The Morgan fingerprint density at radius 2 is 0.114 bits per heavy atom. The normalized spacial score (nSPS) is 6.97. The van der Waals surface area contributed by atoms with Gasteiger partial charge in [0.2, 0.25) is 0 Å². The van der Waals surface area contributed by atoms with Gasteiger partial charge in [-0.15, -0.1) is 0 Å². The van der Waals surface area contributed by atoms with Gasteiger partial charge in [-0.2, -0.15) is 0 Å². The molecule has 0 heterocycles. The highest BCUT2D eigenvalue weighted by molar-refractivity contribution is 5.71. The van der Waals surface area contributed by atoms with Crippen molar-refractivity contribution in [2.75, 3.05) is 132 Å². The first-order valence-corrected chi connectivity index (χ1v) is 38.1. The summed E-state index contributed by atoms with van der Waals surface area (Å²) < 4.78 is 88.1. The quantitative estimate of drug-likeness (QED) is 0.123. The molecule has 0 saturated heterocycles. The lowest BCUT2D eigenvalue weighted by atomic mass is 10.8. The fourth-order valence-electron chi connectivity index (χ4n) is 4.07. The summed E-state index contributed by atoms with van der Waals surface area (Å²) in [4.78, 5) is 196. The van der Waals surface area contributed by atoms with E-state index in [2.05, 4.69) is 94.7 Å². The molecule has 0 aliphatic rings. The molecule has 0 bridgehead atoms. The standard InChI is InChI=1S/20C4H8O2.12H2O/c20*1-3-6-4(2)5;;;;;;;;;;;;/h20*3H2,1-2H3;12*1H2. The number of carbonyl (C=O) groups is 20. The molecule has 0 amide bonds. The molecule has 0 aliphatic heterocycles. The molecule has 0 aromatic carbocycles. The van der Waals surface area contributed by atoms with Crippen molar-refractivity contribution in [3.8, 4) is 0 Å². The van der Waals surface area contributed by atoms with Crippen LogP contribution in [0.4, 0.5) is 0 Å². The zero-order valence-electron chi connectivity index (χ0n) is 86.5. The number of hydrogen-bond donors (Lipinski definition) is 0. The monoisotopic (exact) mass is 1980 g/mol. The molecule has 0 aromatic rings. The lowest BCUT2D eigenvalue weighted by molar-refractivity contribution is -0.141. The Labute approximate surface area is 782 Å². The second-order valence-electron chi connectivity index (χ2n) is 18.5. The molecule has 0 unspecified atom stereocenters. The molecule has 0 aromatic heterocycles. The van der Waals surface area contributed by atoms with E-state index in [0.29, 0.717) is 132 Å². The zero-order valence-corrected chi connectivity index (χ0v) is 86.5. The van der Waals surface area contributed by atoms with Gasteiger partial charge in [-0.1, -0.05) is 0 Å². The number of ether oxygens (including phenoxy) is 20. The van der Waals surface area contributed by atoms with E-state index in [1.54, 1.807) is 138 Å². The Kier molecular flexibility index (Phi) is 357. The van der Waals surface area contributed by atoms with Crippen LogP contribution in [0.15, 0.2) is 0 Å². The van der Waals surface area contributed by atoms with Crippen LogP contribution in [0.25, 0.3) is 0 Å². The van der Waals surface area contributed by atoms with E-state index in [1.807, 2.05) is 0 Å². The van der Waals surface area contributed by atoms with Crippen molar-refractivity contribution in [2.45, 2.75) is 277 Å². The molecule has 0 rings (SSSR count). The van der Waals surface area contributed by atoms with Crippen LogP contribution in [0.1, 0.15) is 277 Å². The average molecular weight is 1980 g/mol. The van der Waals surface area contributed by atoms with E-state index >= 15 is 0 Å². The van der Waals surface area contributed by atoms with Crippen LogP contribution in [0.5, 0.6) is 0 Å². The molecule has 52 heteroatoms. The summed E-state index contributed by atoms with van der Waals surface area (Å²) in [5.74, 6) is -4.21. The van der Waals surface area contributed by atoms with Crippen LogP contribution in [0.3, 0.4) is 0 Å². The third-order valence-electron chi connectivity index (χ3n) is 6.95. The zero-order chi connectivity index (χ0) is 99.8. The molecule has 0 radical (unpaired) electrons. The van der Waals surface area contributed by atoms with Crippen molar-refractivity contribution in [3.63, 3.8) is 0 Å². The minimum Gasteiger partial charge on any atom is -0.466 e. The lowest BCUT2D eigenvalue weighted by Crippen LogP contribution is -1.95. The molecular formula is C80H184O52. The van der Waals surface area contributed by atoms with Crippen molar-refractivity contribution < 1.29 is 256 Å². The number of carbonyl (C=O) groups excluding carboxylic acids is 20. The largest absolute Gasteiger partial charge is 0.466 e. The van der Waals surface area contributed by atoms with Gasteiger partial charge in [0.15, 0.2) is 0 Å². The summed E-state index contributed by atoms with van der Waals surface area (Å²) >= 11 is 0. The van der Waals surface area contributed by atoms with E-state index in [4.69, 9.17) is 0 Å². The first kappa shape index (κ1) is 220. The Morgan fingerprint density at radius 1 is 0.0909 bits per heavy atom. The van der Waals surface area contributed by atoms with Gasteiger partial charge < -0.3 is 160 Å². The van der Waals surface area contributed by atoms with Gasteiger partial charge in [-0.3, -0.25) is 95.9 Å². The van der Waals surface area contributed by atoms with E-state index in [-0.39, 0.29) is 185 Å². The second kappa shape index (κ2) is 214. The molecule has 0 spiro atoms. The van der Waals surface area contributed by atoms with Gasteiger partial charge in [0.1, 0.15) is 0 Å². The summed E-state index contributed by atoms with van der Waals surface area (Å²) in [5.41, 5.74) is 0. The average Bonchev–Trinajstić information content (AvgIpc) is 3.87. The summed E-state index contributed by atoms with van der Waals surface area (Å²) in [5, 5.41) is 0. The number of esters is 20. The number of rotatable bonds is 20. The summed E-state index contributed by atoms with van der Waals surface area (Å²) in [6, 6.07) is 0. The fraction of sp³-hybridized carbons (Fsp3) is 0.750. The van der Waals surface area contributed by atoms with Crippen molar-refractivity contribution in [1.29, 1.82) is 0 Å². The predicted molar refractivity (Wildman–Crippen MR) is 490 cm³/mol. The third-order valence-corrected chi connectivity index (χ3v) is 6.95. The van der Waals surface area contributed by atoms with E-state index in [0.717, 1.165) is 0 Å². The maximum Gasteiger partial charge on any atom is 0.302 e. The predicted octanol–water partition coefficient (Wildman–Crippen LogP) is 1.49. The minimum atomic E-state index is -0.211. The Balaban J connectivity index is -0.0000000265.